The second-order valence-corrected chi connectivity index (χ2v) is 6.08. The minimum Gasteiger partial charge on any atom is -0.339 e. The molecule has 1 aromatic rings. The molecule has 0 unspecified atom stereocenters. The fraction of sp³-hybridized carbons (Fsp3) is 0.471. The van der Waals surface area contributed by atoms with E-state index in [9.17, 15) is 14.4 Å². The predicted molar refractivity (Wildman–Crippen MR) is 89.6 cm³/mol. The third kappa shape index (κ3) is 3.34. The second kappa shape index (κ2) is 6.90. The summed E-state index contributed by atoms with van der Waals surface area (Å²) in [6.07, 6.45) is 0. The van der Waals surface area contributed by atoms with E-state index in [1.807, 2.05) is 30.3 Å². The quantitative estimate of drug-likeness (QED) is 0.816. The molecule has 0 saturated carbocycles. The summed E-state index contributed by atoms with van der Waals surface area (Å²) in [4.78, 5) is 43.0. The minimum atomic E-state index is -0.128. The van der Waals surface area contributed by atoms with Crippen LogP contribution >= 0.6 is 0 Å². The zero-order valence-electron chi connectivity index (χ0n) is 13.9. The van der Waals surface area contributed by atoms with Crippen molar-refractivity contribution in [2.24, 2.45) is 0 Å². The van der Waals surface area contributed by atoms with Gasteiger partial charge >= 0.3 is 6.03 Å². The summed E-state index contributed by atoms with van der Waals surface area (Å²) in [6, 6.07) is 9.35. The number of nitrogens with zero attached hydrogens (tertiary/aromatic N) is 4. The van der Waals surface area contributed by atoms with Crippen LogP contribution in [-0.2, 0) is 9.59 Å². The van der Waals surface area contributed by atoms with Crippen LogP contribution in [0.4, 0.5) is 10.5 Å². The molecule has 2 aliphatic rings. The van der Waals surface area contributed by atoms with Crippen LogP contribution in [0.1, 0.15) is 6.92 Å². The molecule has 0 N–H and O–H groups in total. The fourth-order valence-electron chi connectivity index (χ4n) is 3.11. The summed E-state index contributed by atoms with van der Waals surface area (Å²) >= 11 is 0. The molecular weight excluding hydrogens is 308 g/mol. The smallest absolute Gasteiger partial charge is 0.325 e. The Labute approximate surface area is 141 Å². The zero-order chi connectivity index (χ0) is 17.1. The van der Waals surface area contributed by atoms with E-state index in [0.29, 0.717) is 39.3 Å². The Bertz CT molecular complexity index is 626. The largest absolute Gasteiger partial charge is 0.339 e. The van der Waals surface area contributed by atoms with Crippen LogP contribution in [0.15, 0.2) is 30.3 Å². The van der Waals surface area contributed by atoms with Gasteiger partial charge in [0.05, 0.1) is 0 Å². The first kappa shape index (κ1) is 16.3. The van der Waals surface area contributed by atoms with Crippen LogP contribution in [-0.4, -0.2) is 78.4 Å². The average Bonchev–Trinajstić information content (AvgIpc) is 2.96. The van der Waals surface area contributed by atoms with E-state index in [-0.39, 0.29) is 24.4 Å². The lowest BCUT2D eigenvalue weighted by molar-refractivity contribution is -0.138. The van der Waals surface area contributed by atoms with E-state index in [4.69, 9.17) is 0 Å². The molecule has 7 heteroatoms. The molecule has 3 rings (SSSR count). The first-order chi connectivity index (χ1) is 11.6. The van der Waals surface area contributed by atoms with Crippen LogP contribution in [0.3, 0.4) is 0 Å². The van der Waals surface area contributed by atoms with Gasteiger partial charge in [-0.25, -0.2) is 4.79 Å². The average molecular weight is 330 g/mol. The van der Waals surface area contributed by atoms with Gasteiger partial charge in [0.25, 0.3) is 0 Å². The summed E-state index contributed by atoms with van der Waals surface area (Å²) < 4.78 is 0. The maximum atomic E-state index is 12.5. The summed E-state index contributed by atoms with van der Waals surface area (Å²) in [7, 11) is 0. The molecule has 4 amide bonds. The van der Waals surface area contributed by atoms with E-state index in [0.717, 1.165) is 5.69 Å². The second-order valence-electron chi connectivity index (χ2n) is 6.08. The highest BCUT2D eigenvalue weighted by atomic mass is 16.2. The molecule has 0 aliphatic carbocycles. The van der Waals surface area contributed by atoms with E-state index in [2.05, 4.69) is 0 Å². The maximum Gasteiger partial charge on any atom is 0.325 e. The molecule has 0 spiro atoms. The first-order valence-electron chi connectivity index (χ1n) is 8.21. The lowest BCUT2D eigenvalue weighted by atomic mass is 10.3. The van der Waals surface area contributed by atoms with Crippen LogP contribution in [0, 0.1) is 0 Å². The van der Waals surface area contributed by atoms with Gasteiger partial charge in [-0.2, -0.15) is 0 Å². The van der Waals surface area contributed by atoms with Crippen molar-refractivity contribution < 1.29 is 14.4 Å². The molecule has 2 aliphatic heterocycles. The highest BCUT2D eigenvalue weighted by Gasteiger charge is 2.32. The number of amides is 4. The Kier molecular flexibility index (Phi) is 4.69. The number of hydrogen-bond donors (Lipinski definition) is 0. The fourth-order valence-corrected chi connectivity index (χ4v) is 3.11. The Morgan fingerprint density at radius 3 is 2.17 bits per heavy atom. The Hall–Kier alpha value is -2.57. The summed E-state index contributed by atoms with van der Waals surface area (Å²) in [5.41, 5.74) is 0.854. The highest BCUT2D eigenvalue weighted by Crippen LogP contribution is 2.19. The molecule has 1 aromatic carbocycles. The summed E-state index contributed by atoms with van der Waals surface area (Å²) in [5.74, 6) is -0.0169. The van der Waals surface area contributed by atoms with Crippen molar-refractivity contribution in [3.05, 3.63) is 30.3 Å². The molecule has 0 aromatic heterocycles. The molecule has 0 radical (unpaired) electrons. The number of anilines is 1. The van der Waals surface area contributed by atoms with Crippen molar-refractivity contribution in [2.75, 3.05) is 50.7 Å². The number of urea groups is 1. The maximum absolute atomic E-state index is 12.5. The molecule has 24 heavy (non-hydrogen) atoms. The monoisotopic (exact) mass is 330 g/mol. The molecule has 128 valence electrons. The van der Waals surface area contributed by atoms with Gasteiger partial charge in [-0.15, -0.1) is 0 Å². The van der Waals surface area contributed by atoms with Crippen molar-refractivity contribution in [1.82, 2.24) is 14.7 Å². The number of carbonyl (C=O) groups excluding carboxylic acids is 3. The first-order valence-corrected chi connectivity index (χ1v) is 8.21. The third-order valence-corrected chi connectivity index (χ3v) is 4.57. The Balaban J connectivity index is 1.54. The van der Waals surface area contributed by atoms with Crippen molar-refractivity contribution in [1.29, 1.82) is 0 Å². The van der Waals surface area contributed by atoms with Gasteiger partial charge in [0.15, 0.2) is 0 Å². The number of piperazine rings is 1. The highest BCUT2D eigenvalue weighted by molar-refractivity contribution is 5.96. The minimum absolute atomic E-state index is 0.0373. The van der Waals surface area contributed by atoms with Crippen molar-refractivity contribution in [3.63, 3.8) is 0 Å². The van der Waals surface area contributed by atoms with Crippen molar-refractivity contribution in [2.45, 2.75) is 6.92 Å². The predicted octanol–water partition coefficient (Wildman–Crippen LogP) is 0.619. The number of hydrogen-bond acceptors (Lipinski definition) is 3. The normalized spacial score (nSPS) is 18.3. The third-order valence-electron chi connectivity index (χ3n) is 4.57. The Morgan fingerprint density at radius 2 is 1.54 bits per heavy atom. The SMILES string of the molecule is CC(=O)N1CCN(C(=O)CN2CCN(c3ccccc3)C2=O)CC1. The van der Waals surface area contributed by atoms with Crippen LogP contribution in [0.2, 0.25) is 0 Å². The molecule has 2 heterocycles. The standard InChI is InChI=1S/C17H22N4O3/c1-14(22)18-7-9-19(10-8-18)16(23)13-20-11-12-21(17(20)24)15-5-3-2-4-6-15/h2-6H,7-13H2,1H3. The number of rotatable bonds is 3. The lowest BCUT2D eigenvalue weighted by Crippen LogP contribution is -2.52. The van der Waals surface area contributed by atoms with Crippen molar-refractivity contribution in [3.8, 4) is 0 Å². The van der Waals surface area contributed by atoms with Gasteiger partial charge < -0.3 is 14.7 Å². The molecule has 0 bridgehead atoms. The van der Waals surface area contributed by atoms with Gasteiger partial charge in [0.2, 0.25) is 11.8 Å². The van der Waals surface area contributed by atoms with E-state index in [1.54, 1.807) is 26.5 Å². The van der Waals surface area contributed by atoms with Gasteiger partial charge in [0, 0.05) is 51.9 Å². The number of carbonyl (C=O) groups is 3. The topological polar surface area (TPSA) is 64.2 Å². The molecule has 2 fully saturated rings. The summed E-state index contributed by atoms with van der Waals surface area (Å²) in [6.45, 7) is 4.96. The van der Waals surface area contributed by atoms with E-state index >= 15 is 0 Å². The van der Waals surface area contributed by atoms with Crippen LogP contribution < -0.4 is 4.90 Å². The zero-order valence-corrected chi connectivity index (χ0v) is 13.9. The van der Waals surface area contributed by atoms with Gasteiger partial charge in [-0.1, -0.05) is 18.2 Å². The van der Waals surface area contributed by atoms with Crippen LogP contribution in [0.5, 0.6) is 0 Å². The lowest BCUT2D eigenvalue weighted by Gasteiger charge is -2.34. The molecular formula is C17H22N4O3. The van der Waals surface area contributed by atoms with Gasteiger partial charge in [-0.3, -0.25) is 14.5 Å². The number of para-hydroxylation sites is 1. The van der Waals surface area contributed by atoms with E-state index in [1.165, 1.54) is 0 Å². The Morgan fingerprint density at radius 1 is 0.917 bits per heavy atom. The van der Waals surface area contributed by atoms with Crippen molar-refractivity contribution >= 4 is 23.5 Å². The van der Waals surface area contributed by atoms with Gasteiger partial charge in [-0.05, 0) is 12.1 Å². The van der Waals surface area contributed by atoms with E-state index < -0.39 is 0 Å². The van der Waals surface area contributed by atoms with Crippen LogP contribution in [0.25, 0.3) is 0 Å². The summed E-state index contributed by atoms with van der Waals surface area (Å²) in [5, 5.41) is 0. The molecule has 7 nitrogen and oxygen atoms in total. The molecule has 0 atom stereocenters. The molecule has 2 saturated heterocycles. The van der Waals surface area contributed by atoms with Gasteiger partial charge in [0.1, 0.15) is 6.54 Å². The number of benzene rings is 1.